The van der Waals surface area contributed by atoms with Gasteiger partial charge in [0.05, 0.1) is 5.69 Å². The minimum atomic E-state index is -0.173. The number of halogens is 1. The molecular formula is C11H11BrN2O2S. The van der Waals surface area contributed by atoms with Crippen molar-refractivity contribution in [3.05, 3.63) is 28.7 Å². The third-order valence-electron chi connectivity index (χ3n) is 2.33. The van der Waals surface area contributed by atoms with Crippen molar-refractivity contribution in [2.24, 2.45) is 0 Å². The summed E-state index contributed by atoms with van der Waals surface area (Å²) in [5.74, 6) is 0.592. The van der Waals surface area contributed by atoms with E-state index in [4.69, 9.17) is 0 Å². The third kappa shape index (κ3) is 3.23. The summed E-state index contributed by atoms with van der Waals surface area (Å²) in [4.78, 5) is 24.6. The first kappa shape index (κ1) is 12.4. The average Bonchev–Trinajstić information content (AvgIpc) is 2.68. The Labute approximate surface area is 112 Å². The SMILES string of the molecule is O=C(CN1CCSC1=O)Nc1ccccc1Br. The molecule has 0 radical (unpaired) electrons. The summed E-state index contributed by atoms with van der Waals surface area (Å²) < 4.78 is 0.829. The average molecular weight is 315 g/mol. The van der Waals surface area contributed by atoms with Crippen LogP contribution in [0.3, 0.4) is 0 Å². The van der Waals surface area contributed by atoms with Gasteiger partial charge in [-0.15, -0.1) is 0 Å². The van der Waals surface area contributed by atoms with Crippen LogP contribution in [0.25, 0.3) is 0 Å². The summed E-state index contributed by atoms with van der Waals surface area (Å²) in [7, 11) is 0. The fourth-order valence-corrected chi connectivity index (χ4v) is 2.70. The van der Waals surface area contributed by atoms with E-state index in [-0.39, 0.29) is 17.7 Å². The maximum absolute atomic E-state index is 11.7. The van der Waals surface area contributed by atoms with Gasteiger partial charge in [-0.1, -0.05) is 23.9 Å². The van der Waals surface area contributed by atoms with E-state index in [9.17, 15) is 9.59 Å². The summed E-state index contributed by atoms with van der Waals surface area (Å²) >= 11 is 4.60. The standard InChI is InChI=1S/C11H11BrN2O2S/c12-8-3-1-2-4-9(8)13-10(15)7-14-5-6-17-11(14)16/h1-4H,5-7H2,(H,13,15). The lowest BCUT2D eigenvalue weighted by molar-refractivity contribution is -0.116. The molecule has 1 aliphatic heterocycles. The van der Waals surface area contributed by atoms with Gasteiger partial charge in [0.25, 0.3) is 5.24 Å². The van der Waals surface area contributed by atoms with E-state index in [1.165, 1.54) is 11.8 Å². The van der Waals surface area contributed by atoms with Crippen molar-refractivity contribution in [2.45, 2.75) is 0 Å². The van der Waals surface area contributed by atoms with Crippen LogP contribution in [0.4, 0.5) is 10.5 Å². The smallest absolute Gasteiger partial charge is 0.282 e. The molecule has 17 heavy (non-hydrogen) atoms. The molecule has 1 N–H and O–H groups in total. The number of nitrogens with one attached hydrogen (secondary N) is 1. The molecule has 2 rings (SSSR count). The van der Waals surface area contributed by atoms with E-state index in [0.29, 0.717) is 6.54 Å². The number of hydrogen-bond acceptors (Lipinski definition) is 3. The predicted molar refractivity (Wildman–Crippen MR) is 72.2 cm³/mol. The van der Waals surface area contributed by atoms with Gasteiger partial charge in [-0.25, -0.2) is 0 Å². The molecular weight excluding hydrogens is 304 g/mol. The number of para-hydroxylation sites is 1. The molecule has 1 aromatic carbocycles. The molecule has 90 valence electrons. The van der Waals surface area contributed by atoms with Crippen LogP contribution in [-0.4, -0.2) is 34.9 Å². The summed E-state index contributed by atoms with van der Waals surface area (Å²) in [6.45, 7) is 0.764. The number of benzene rings is 1. The van der Waals surface area contributed by atoms with Crippen LogP contribution in [0.2, 0.25) is 0 Å². The van der Waals surface area contributed by atoms with Crippen LogP contribution in [0, 0.1) is 0 Å². The second kappa shape index (κ2) is 5.55. The minimum Gasteiger partial charge on any atom is -0.324 e. The number of hydrogen-bond donors (Lipinski definition) is 1. The van der Waals surface area contributed by atoms with Crippen LogP contribution in [0.1, 0.15) is 0 Å². The minimum absolute atomic E-state index is 0.0210. The van der Waals surface area contributed by atoms with Crippen LogP contribution in [0.5, 0.6) is 0 Å². The highest BCUT2D eigenvalue weighted by Gasteiger charge is 2.23. The number of anilines is 1. The lowest BCUT2D eigenvalue weighted by atomic mass is 10.3. The summed E-state index contributed by atoms with van der Waals surface area (Å²) in [5.41, 5.74) is 0.719. The van der Waals surface area contributed by atoms with Gasteiger partial charge in [0.15, 0.2) is 0 Å². The van der Waals surface area contributed by atoms with E-state index < -0.39 is 0 Å². The number of carbonyl (C=O) groups is 2. The maximum atomic E-state index is 11.7. The van der Waals surface area contributed by atoms with Gasteiger partial charge in [-0.3, -0.25) is 9.59 Å². The van der Waals surface area contributed by atoms with Crippen molar-refractivity contribution in [2.75, 3.05) is 24.2 Å². The zero-order chi connectivity index (χ0) is 12.3. The Kier molecular flexibility index (Phi) is 4.06. The van der Waals surface area contributed by atoms with Crippen molar-refractivity contribution in [3.63, 3.8) is 0 Å². The van der Waals surface area contributed by atoms with Crippen molar-refractivity contribution in [1.29, 1.82) is 0 Å². The Hall–Kier alpha value is -1.01. The highest BCUT2D eigenvalue weighted by atomic mass is 79.9. The largest absolute Gasteiger partial charge is 0.324 e. The monoisotopic (exact) mass is 314 g/mol. The zero-order valence-corrected chi connectivity index (χ0v) is 11.4. The summed E-state index contributed by atoms with van der Waals surface area (Å²) in [5, 5.41) is 2.75. The quantitative estimate of drug-likeness (QED) is 0.932. The molecule has 0 unspecified atom stereocenters. The lowest BCUT2D eigenvalue weighted by Gasteiger charge is -2.14. The zero-order valence-electron chi connectivity index (χ0n) is 8.98. The van der Waals surface area contributed by atoms with Crippen molar-refractivity contribution in [3.8, 4) is 0 Å². The fraction of sp³-hybridized carbons (Fsp3) is 0.273. The Morgan fingerprint density at radius 2 is 2.24 bits per heavy atom. The predicted octanol–water partition coefficient (Wildman–Crippen LogP) is 2.56. The van der Waals surface area contributed by atoms with Crippen LogP contribution in [-0.2, 0) is 4.79 Å². The van der Waals surface area contributed by atoms with E-state index in [1.807, 2.05) is 24.3 Å². The van der Waals surface area contributed by atoms with Gasteiger partial charge in [0.2, 0.25) is 5.91 Å². The highest BCUT2D eigenvalue weighted by molar-refractivity contribution is 9.10. The Morgan fingerprint density at radius 1 is 1.47 bits per heavy atom. The molecule has 0 bridgehead atoms. The normalized spacial score (nSPS) is 15.1. The van der Waals surface area contributed by atoms with Crippen LogP contribution >= 0.6 is 27.7 Å². The van der Waals surface area contributed by atoms with Gasteiger partial charge >= 0.3 is 0 Å². The Balaban J connectivity index is 1.93. The van der Waals surface area contributed by atoms with Gasteiger partial charge in [-0.2, -0.15) is 0 Å². The first-order valence-corrected chi connectivity index (χ1v) is 6.91. The van der Waals surface area contributed by atoms with E-state index in [2.05, 4.69) is 21.2 Å². The third-order valence-corrected chi connectivity index (χ3v) is 3.91. The topological polar surface area (TPSA) is 49.4 Å². The first-order valence-electron chi connectivity index (χ1n) is 5.13. The number of amides is 2. The molecule has 1 aliphatic rings. The van der Waals surface area contributed by atoms with Gasteiger partial charge in [0.1, 0.15) is 6.54 Å². The molecule has 1 fully saturated rings. The second-order valence-electron chi connectivity index (χ2n) is 3.56. The van der Waals surface area contributed by atoms with E-state index in [0.717, 1.165) is 15.9 Å². The van der Waals surface area contributed by atoms with Crippen molar-refractivity contribution in [1.82, 2.24) is 4.90 Å². The van der Waals surface area contributed by atoms with E-state index in [1.54, 1.807) is 4.90 Å². The van der Waals surface area contributed by atoms with Crippen LogP contribution < -0.4 is 5.32 Å². The Bertz CT molecular complexity index is 453. The van der Waals surface area contributed by atoms with Gasteiger partial charge in [-0.05, 0) is 28.1 Å². The molecule has 0 atom stereocenters. The number of rotatable bonds is 3. The number of thioether (sulfide) groups is 1. The molecule has 1 saturated heterocycles. The van der Waals surface area contributed by atoms with E-state index >= 15 is 0 Å². The highest BCUT2D eigenvalue weighted by Crippen LogP contribution is 2.21. The summed E-state index contributed by atoms with van der Waals surface area (Å²) in [6, 6.07) is 7.38. The molecule has 0 aliphatic carbocycles. The lowest BCUT2D eigenvalue weighted by Crippen LogP contribution is -2.33. The molecule has 2 amide bonds. The first-order chi connectivity index (χ1) is 8.16. The van der Waals surface area contributed by atoms with Gasteiger partial charge < -0.3 is 10.2 Å². The molecule has 0 saturated carbocycles. The number of nitrogens with zero attached hydrogens (tertiary/aromatic N) is 1. The molecule has 1 aromatic rings. The Morgan fingerprint density at radius 3 is 2.88 bits per heavy atom. The molecule has 1 heterocycles. The maximum Gasteiger partial charge on any atom is 0.282 e. The summed E-state index contributed by atoms with van der Waals surface area (Å²) in [6.07, 6.45) is 0. The molecule has 4 nitrogen and oxygen atoms in total. The second-order valence-corrected chi connectivity index (χ2v) is 5.46. The molecule has 6 heteroatoms. The van der Waals surface area contributed by atoms with Crippen molar-refractivity contribution < 1.29 is 9.59 Å². The van der Waals surface area contributed by atoms with Gasteiger partial charge in [0, 0.05) is 16.8 Å². The number of carbonyl (C=O) groups excluding carboxylic acids is 2. The van der Waals surface area contributed by atoms with Crippen LogP contribution in [0.15, 0.2) is 28.7 Å². The van der Waals surface area contributed by atoms with Crippen molar-refractivity contribution >= 4 is 44.5 Å². The molecule has 0 aromatic heterocycles. The molecule has 0 spiro atoms. The fourth-order valence-electron chi connectivity index (χ4n) is 1.49.